The molecule has 1 aliphatic rings. The molecule has 0 aromatic rings. The Morgan fingerprint density at radius 2 is 2.09 bits per heavy atom. The van der Waals surface area contributed by atoms with Gasteiger partial charge >= 0.3 is 10.2 Å². The number of hydrogen-bond donors (Lipinski definition) is 0. The van der Waals surface area contributed by atoms with E-state index in [1.54, 1.807) is 0 Å². The van der Waals surface area contributed by atoms with Gasteiger partial charge in [0.25, 0.3) is 0 Å². The third-order valence-electron chi connectivity index (χ3n) is 2.47. The first-order chi connectivity index (χ1) is 5.04. The van der Waals surface area contributed by atoms with Crippen LogP contribution in [0.1, 0.15) is 32.6 Å². The molecule has 1 saturated carbocycles. The fourth-order valence-corrected chi connectivity index (χ4v) is 2.58. The molecule has 1 aliphatic carbocycles. The Kier molecular flexibility index (Phi) is 2.52. The lowest BCUT2D eigenvalue weighted by atomic mass is 10.1. The molecule has 4 heteroatoms. The molecule has 2 atom stereocenters. The lowest BCUT2D eigenvalue weighted by molar-refractivity contribution is 0.512. The lowest BCUT2D eigenvalue weighted by Gasteiger charge is -2.04. The average molecular weight is 180 g/mol. The number of halogens is 1. The van der Waals surface area contributed by atoms with Gasteiger partial charge < -0.3 is 0 Å². The van der Waals surface area contributed by atoms with Crippen molar-refractivity contribution in [3.05, 3.63) is 0 Å². The predicted molar refractivity (Wildman–Crippen MR) is 41.4 cm³/mol. The van der Waals surface area contributed by atoms with Gasteiger partial charge in [-0.25, -0.2) is 0 Å². The average Bonchev–Trinajstić information content (AvgIpc) is 2.32. The second-order valence-electron chi connectivity index (χ2n) is 3.18. The molecule has 2 unspecified atom stereocenters. The Labute approximate surface area is 67.0 Å². The Morgan fingerprint density at radius 3 is 2.36 bits per heavy atom. The van der Waals surface area contributed by atoms with Gasteiger partial charge in [0.15, 0.2) is 0 Å². The molecule has 0 aromatic carbocycles. The van der Waals surface area contributed by atoms with Gasteiger partial charge in [-0.2, -0.15) is 8.42 Å². The summed E-state index contributed by atoms with van der Waals surface area (Å²) in [5.41, 5.74) is 0. The standard InChI is InChI=1S/C7H13FO2S/c1-2-6-3-4-7(5-6)11(8,9)10/h6-7H,2-5H2,1H3. The molecule has 0 bridgehead atoms. The highest BCUT2D eigenvalue weighted by atomic mass is 32.3. The van der Waals surface area contributed by atoms with Crippen LogP contribution in [0.25, 0.3) is 0 Å². The predicted octanol–water partition coefficient (Wildman–Crippen LogP) is 1.86. The van der Waals surface area contributed by atoms with Gasteiger partial charge in [0.05, 0.1) is 5.25 Å². The van der Waals surface area contributed by atoms with E-state index in [4.69, 9.17) is 0 Å². The van der Waals surface area contributed by atoms with Crippen LogP contribution >= 0.6 is 0 Å². The molecule has 0 aromatic heterocycles. The van der Waals surface area contributed by atoms with Crippen molar-refractivity contribution in [2.45, 2.75) is 37.9 Å². The van der Waals surface area contributed by atoms with E-state index in [0.717, 1.165) is 12.8 Å². The van der Waals surface area contributed by atoms with Crippen LogP contribution in [0.4, 0.5) is 3.89 Å². The van der Waals surface area contributed by atoms with Crippen molar-refractivity contribution in [3.8, 4) is 0 Å². The van der Waals surface area contributed by atoms with E-state index in [0.29, 0.717) is 18.8 Å². The minimum Gasteiger partial charge on any atom is -0.195 e. The van der Waals surface area contributed by atoms with Gasteiger partial charge in [0.1, 0.15) is 0 Å². The van der Waals surface area contributed by atoms with Crippen molar-refractivity contribution in [3.63, 3.8) is 0 Å². The minimum absolute atomic E-state index is 0.422. The smallest absolute Gasteiger partial charge is 0.195 e. The summed E-state index contributed by atoms with van der Waals surface area (Å²) in [6.07, 6.45) is 2.86. The molecule has 1 fully saturated rings. The van der Waals surface area contributed by atoms with E-state index in [1.165, 1.54) is 0 Å². The maximum atomic E-state index is 12.4. The molecular weight excluding hydrogens is 167 g/mol. The second-order valence-corrected chi connectivity index (χ2v) is 4.80. The van der Waals surface area contributed by atoms with Crippen molar-refractivity contribution in [2.24, 2.45) is 5.92 Å². The fourth-order valence-electron chi connectivity index (χ4n) is 1.66. The van der Waals surface area contributed by atoms with E-state index in [2.05, 4.69) is 0 Å². The van der Waals surface area contributed by atoms with Crippen LogP contribution in [0.15, 0.2) is 0 Å². The van der Waals surface area contributed by atoms with E-state index in [-0.39, 0.29) is 0 Å². The molecule has 0 aliphatic heterocycles. The summed E-state index contributed by atoms with van der Waals surface area (Å²) >= 11 is 0. The maximum Gasteiger partial charge on any atom is 0.305 e. The first kappa shape index (κ1) is 8.97. The summed E-state index contributed by atoms with van der Waals surface area (Å²) in [7, 11) is -4.25. The molecule has 0 heterocycles. The largest absolute Gasteiger partial charge is 0.305 e. The van der Waals surface area contributed by atoms with Gasteiger partial charge in [0, 0.05) is 0 Å². The summed E-state index contributed by atoms with van der Waals surface area (Å²) in [6.45, 7) is 2.01. The highest BCUT2D eigenvalue weighted by Gasteiger charge is 2.33. The summed E-state index contributed by atoms with van der Waals surface area (Å²) < 4.78 is 33.2. The van der Waals surface area contributed by atoms with Crippen LogP contribution in [-0.4, -0.2) is 13.7 Å². The Hall–Kier alpha value is -0.120. The van der Waals surface area contributed by atoms with Gasteiger partial charge in [0.2, 0.25) is 0 Å². The van der Waals surface area contributed by atoms with Crippen molar-refractivity contribution in [1.82, 2.24) is 0 Å². The second kappa shape index (κ2) is 3.09. The first-order valence-corrected chi connectivity index (χ1v) is 5.42. The molecule has 11 heavy (non-hydrogen) atoms. The van der Waals surface area contributed by atoms with Gasteiger partial charge in [-0.15, -0.1) is 3.89 Å². The first-order valence-electron chi connectivity index (χ1n) is 3.97. The fraction of sp³-hybridized carbons (Fsp3) is 1.00. The zero-order valence-corrected chi connectivity index (χ0v) is 7.40. The molecule has 66 valence electrons. The van der Waals surface area contributed by atoms with Crippen LogP contribution in [0.3, 0.4) is 0 Å². The molecule has 0 amide bonds. The Balaban J connectivity index is 2.55. The van der Waals surface area contributed by atoms with Crippen LogP contribution in [0, 0.1) is 5.92 Å². The SMILES string of the molecule is CCC1CCC(S(=O)(=O)F)C1. The van der Waals surface area contributed by atoms with E-state index < -0.39 is 15.5 Å². The van der Waals surface area contributed by atoms with Crippen molar-refractivity contribution in [1.29, 1.82) is 0 Å². The normalized spacial score (nSPS) is 32.5. The zero-order chi connectivity index (χ0) is 8.48. The van der Waals surface area contributed by atoms with Crippen molar-refractivity contribution in [2.75, 3.05) is 0 Å². The number of hydrogen-bond acceptors (Lipinski definition) is 2. The lowest BCUT2D eigenvalue weighted by Crippen LogP contribution is -2.12. The third kappa shape index (κ3) is 2.15. The molecule has 0 N–H and O–H groups in total. The van der Waals surface area contributed by atoms with Gasteiger partial charge in [-0.05, 0) is 25.2 Å². The van der Waals surface area contributed by atoms with Crippen molar-refractivity contribution >= 4 is 10.2 Å². The van der Waals surface area contributed by atoms with E-state index in [1.807, 2.05) is 6.92 Å². The minimum atomic E-state index is -4.25. The molecule has 2 nitrogen and oxygen atoms in total. The molecule has 0 spiro atoms. The van der Waals surface area contributed by atoms with Gasteiger partial charge in [-0.3, -0.25) is 0 Å². The van der Waals surface area contributed by atoms with Crippen LogP contribution < -0.4 is 0 Å². The maximum absolute atomic E-state index is 12.4. The van der Waals surface area contributed by atoms with Crippen molar-refractivity contribution < 1.29 is 12.3 Å². The monoisotopic (exact) mass is 180 g/mol. The third-order valence-corrected chi connectivity index (χ3v) is 3.69. The molecule has 0 radical (unpaired) electrons. The Bertz CT molecular complexity index is 223. The van der Waals surface area contributed by atoms with E-state index >= 15 is 0 Å². The van der Waals surface area contributed by atoms with Crippen LogP contribution in [0.5, 0.6) is 0 Å². The summed E-state index contributed by atoms with van der Waals surface area (Å²) in [4.78, 5) is 0. The molecule has 0 saturated heterocycles. The molecular formula is C7H13FO2S. The topological polar surface area (TPSA) is 34.1 Å². The highest BCUT2D eigenvalue weighted by Crippen LogP contribution is 2.32. The zero-order valence-electron chi connectivity index (χ0n) is 6.59. The quantitative estimate of drug-likeness (QED) is 0.608. The summed E-state index contributed by atoms with van der Waals surface area (Å²) in [5.74, 6) is 0.422. The number of rotatable bonds is 2. The highest BCUT2D eigenvalue weighted by molar-refractivity contribution is 7.87. The van der Waals surface area contributed by atoms with Crippen LogP contribution in [0.2, 0.25) is 0 Å². The van der Waals surface area contributed by atoms with Crippen LogP contribution in [-0.2, 0) is 10.2 Å². The molecule has 1 rings (SSSR count). The summed E-state index contributed by atoms with van der Waals surface area (Å²) in [6, 6.07) is 0. The van der Waals surface area contributed by atoms with E-state index in [9.17, 15) is 12.3 Å². The summed E-state index contributed by atoms with van der Waals surface area (Å²) in [5, 5.41) is -0.701. The van der Waals surface area contributed by atoms with Gasteiger partial charge in [-0.1, -0.05) is 13.3 Å². The Morgan fingerprint density at radius 1 is 1.45 bits per heavy atom.